The molecule has 1 heteroatoms. The summed E-state index contributed by atoms with van der Waals surface area (Å²) in [5.41, 5.74) is 17.5. The number of para-hydroxylation sites is 1. The van der Waals surface area contributed by atoms with Gasteiger partial charge in [0.15, 0.2) is 0 Å². The highest BCUT2D eigenvalue weighted by Crippen LogP contribution is 2.51. The highest BCUT2D eigenvalue weighted by Gasteiger charge is 2.24. The van der Waals surface area contributed by atoms with E-state index in [-0.39, 0.29) is 0 Å². The van der Waals surface area contributed by atoms with Crippen molar-refractivity contribution in [1.29, 1.82) is 0 Å². The Balaban J connectivity index is 1.16. The van der Waals surface area contributed by atoms with Crippen LogP contribution in [0.15, 0.2) is 237 Å². The van der Waals surface area contributed by atoms with Gasteiger partial charge in [0, 0.05) is 10.9 Å². The topological polar surface area (TPSA) is 12.9 Å². The molecule has 0 spiro atoms. The number of hydrogen-bond donors (Lipinski definition) is 0. The lowest BCUT2D eigenvalue weighted by atomic mass is 9.78. The Kier molecular flexibility index (Phi) is 8.91. The number of benzene rings is 10. The summed E-state index contributed by atoms with van der Waals surface area (Å²) >= 11 is 0. The Labute approximate surface area is 350 Å². The average Bonchev–Trinajstić information content (AvgIpc) is 3.33. The molecule has 0 atom stereocenters. The fourth-order valence-electron chi connectivity index (χ4n) is 9.20. The van der Waals surface area contributed by atoms with Gasteiger partial charge in [-0.15, -0.1) is 0 Å². The van der Waals surface area contributed by atoms with Crippen LogP contribution in [0.5, 0.6) is 0 Å². The van der Waals surface area contributed by atoms with Crippen LogP contribution in [0, 0.1) is 0 Å². The minimum absolute atomic E-state index is 0.985. The van der Waals surface area contributed by atoms with E-state index in [1.54, 1.807) is 0 Å². The molecule has 0 saturated heterocycles. The SMILES string of the molecule is c1ccc(-c2cc(-c3ccc(-c4c5ccccc5c(-c5ccc6ccccc6n5)c5ccccc45)cc3)c(-c3ccccc3)c(-c3ccccc3)c2-c2ccccc2)cc1. The molecule has 0 aliphatic rings. The fraction of sp³-hybridized carbons (Fsp3) is 0. The Morgan fingerprint density at radius 2 is 0.600 bits per heavy atom. The van der Waals surface area contributed by atoms with E-state index < -0.39 is 0 Å². The molecule has 0 fully saturated rings. The number of aromatic nitrogens is 1. The fourth-order valence-corrected chi connectivity index (χ4v) is 9.20. The number of hydrogen-bond acceptors (Lipinski definition) is 1. The van der Waals surface area contributed by atoms with Gasteiger partial charge in [-0.1, -0.05) is 218 Å². The van der Waals surface area contributed by atoms with E-state index in [0.29, 0.717) is 0 Å². The van der Waals surface area contributed by atoms with Gasteiger partial charge in [0.1, 0.15) is 0 Å². The Bertz CT molecular complexity index is 3260. The van der Waals surface area contributed by atoms with Crippen molar-refractivity contribution in [2.75, 3.05) is 0 Å². The van der Waals surface area contributed by atoms with Crippen LogP contribution in [0.4, 0.5) is 0 Å². The number of pyridine rings is 1. The molecule has 0 radical (unpaired) electrons. The molecule has 1 aromatic heterocycles. The first-order valence-electron chi connectivity index (χ1n) is 20.6. The molecule has 280 valence electrons. The Morgan fingerprint density at radius 1 is 0.233 bits per heavy atom. The summed E-state index contributed by atoms with van der Waals surface area (Å²) in [6, 6.07) is 85.6. The molecule has 0 bridgehead atoms. The summed E-state index contributed by atoms with van der Waals surface area (Å²) in [5.74, 6) is 0. The molecule has 1 nitrogen and oxygen atoms in total. The van der Waals surface area contributed by atoms with Gasteiger partial charge in [-0.2, -0.15) is 0 Å². The number of nitrogens with zero attached hydrogens (tertiary/aromatic N) is 1. The maximum atomic E-state index is 5.21. The van der Waals surface area contributed by atoms with Crippen molar-refractivity contribution in [3.63, 3.8) is 0 Å². The monoisotopic (exact) mass is 761 g/mol. The standard InChI is InChI=1S/C59H39N/c1-5-19-40(20-6-1)51-39-52(57(44-24-9-3-10-25-44)58(45-26-11-4-12-27-45)56(51)43-22-7-2-8-23-43)41-33-35-46(36-34-41)55-47-28-14-16-30-49(47)59(50-31-17-15-29-48(50)55)54-38-37-42-21-13-18-32-53(42)60-54/h1-39H. The molecule has 0 amide bonds. The first kappa shape index (κ1) is 35.3. The van der Waals surface area contributed by atoms with Crippen LogP contribution in [-0.2, 0) is 0 Å². The lowest BCUT2D eigenvalue weighted by Crippen LogP contribution is -1.98. The lowest BCUT2D eigenvalue weighted by Gasteiger charge is -2.24. The van der Waals surface area contributed by atoms with Gasteiger partial charge in [0.05, 0.1) is 11.2 Å². The van der Waals surface area contributed by atoms with E-state index in [1.165, 1.54) is 88.3 Å². The molecule has 11 rings (SSSR count). The van der Waals surface area contributed by atoms with Crippen molar-refractivity contribution < 1.29 is 0 Å². The largest absolute Gasteiger partial charge is 0.248 e. The van der Waals surface area contributed by atoms with Crippen LogP contribution in [-0.4, -0.2) is 4.98 Å². The molecule has 11 aromatic rings. The molecule has 0 aliphatic heterocycles. The van der Waals surface area contributed by atoms with Crippen LogP contribution in [0.25, 0.3) is 110 Å². The smallest absolute Gasteiger partial charge is 0.0722 e. The predicted octanol–water partition coefficient (Wildman–Crippen LogP) is 16.2. The molecule has 60 heavy (non-hydrogen) atoms. The molecule has 0 unspecified atom stereocenters. The van der Waals surface area contributed by atoms with E-state index in [1.807, 2.05) is 0 Å². The van der Waals surface area contributed by atoms with Crippen molar-refractivity contribution in [2.45, 2.75) is 0 Å². The summed E-state index contributed by atoms with van der Waals surface area (Å²) in [4.78, 5) is 5.21. The normalized spacial score (nSPS) is 11.3. The van der Waals surface area contributed by atoms with Gasteiger partial charge < -0.3 is 0 Å². The highest BCUT2D eigenvalue weighted by molar-refractivity contribution is 6.21. The van der Waals surface area contributed by atoms with Crippen molar-refractivity contribution in [2.24, 2.45) is 0 Å². The second kappa shape index (κ2) is 15.1. The van der Waals surface area contributed by atoms with E-state index in [2.05, 4.69) is 237 Å². The van der Waals surface area contributed by atoms with Crippen LogP contribution < -0.4 is 0 Å². The van der Waals surface area contributed by atoms with Crippen molar-refractivity contribution in [1.82, 2.24) is 4.98 Å². The zero-order chi connectivity index (χ0) is 39.8. The quantitative estimate of drug-likeness (QED) is 0.147. The van der Waals surface area contributed by atoms with Crippen molar-refractivity contribution >= 4 is 32.4 Å². The molecule has 10 aromatic carbocycles. The summed E-state index contributed by atoms with van der Waals surface area (Å²) in [6.45, 7) is 0. The maximum absolute atomic E-state index is 5.21. The number of rotatable bonds is 7. The first-order chi connectivity index (χ1) is 29.8. The van der Waals surface area contributed by atoms with Gasteiger partial charge in [-0.05, 0) is 107 Å². The predicted molar refractivity (Wildman–Crippen MR) is 255 cm³/mol. The first-order valence-corrected chi connectivity index (χ1v) is 20.6. The van der Waals surface area contributed by atoms with Gasteiger partial charge in [-0.25, -0.2) is 4.98 Å². The van der Waals surface area contributed by atoms with Crippen LogP contribution in [0.3, 0.4) is 0 Å². The molecule has 0 aliphatic carbocycles. The Hall–Kier alpha value is -7.87. The zero-order valence-electron chi connectivity index (χ0n) is 33.0. The number of fused-ring (bicyclic) bond motifs is 3. The maximum Gasteiger partial charge on any atom is 0.0722 e. The summed E-state index contributed by atoms with van der Waals surface area (Å²) in [6.07, 6.45) is 0. The second-order valence-electron chi connectivity index (χ2n) is 15.4. The minimum atomic E-state index is 0.985. The second-order valence-corrected chi connectivity index (χ2v) is 15.4. The van der Waals surface area contributed by atoms with E-state index in [4.69, 9.17) is 4.98 Å². The minimum Gasteiger partial charge on any atom is -0.248 e. The highest BCUT2D eigenvalue weighted by atomic mass is 14.7. The lowest BCUT2D eigenvalue weighted by molar-refractivity contribution is 1.42. The molecule has 1 heterocycles. The third-order valence-electron chi connectivity index (χ3n) is 11.9. The average molecular weight is 762 g/mol. The third kappa shape index (κ3) is 6.16. The van der Waals surface area contributed by atoms with Crippen molar-refractivity contribution in [3.8, 4) is 78.0 Å². The molecular formula is C59H39N. The molecule has 0 saturated carbocycles. The molecule has 0 N–H and O–H groups in total. The van der Waals surface area contributed by atoms with Gasteiger partial charge in [-0.3, -0.25) is 0 Å². The summed E-state index contributed by atoms with van der Waals surface area (Å²) < 4.78 is 0. The Morgan fingerprint density at radius 3 is 1.12 bits per heavy atom. The summed E-state index contributed by atoms with van der Waals surface area (Å²) in [7, 11) is 0. The van der Waals surface area contributed by atoms with Crippen LogP contribution in [0.1, 0.15) is 0 Å². The van der Waals surface area contributed by atoms with Gasteiger partial charge in [0.2, 0.25) is 0 Å². The van der Waals surface area contributed by atoms with E-state index >= 15 is 0 Å². The van der Waals surface area contributed by atoms with E-state index in [9.17, 15) is 0 Å². The third-order valence-corrected chi connectivity index (χ3v) is 11.9. The van der Waals surface area contributed by atoms with Crippen molar-refractivity contribution in [3.05, 3.63) is 237 Å². The van der Waals surface area contributed by atoms with Crippen LogP contribution in [0.2, 0.25) is 0 Å². The van der Waals surface area contributed by atoms with E-state index in [0.717, 1.165) is 22.2 Å². The summed E-state index contributed by atoms with van der Waals surface area (Å²) in [5, 5.41) is 5.96. The zero-order valence-corrected chi connectivity index (χ0v) is 33.0. The molecular weight excluding hydrogens is 723 g/mol. The van der Waals surface area contributed by atoms with Gasteiger partial charge >= 0.3 is 0 Å². The van der Waals surface area contributed by atoms with Crippen LogP contribution >= 0.6 is 0 Å². The van der Waals surface area contributed by atoms with Gasteiger partial charge in [0.25, 0.3) is 0 Å².